The number of thiazole rings is 1. The topological polar surface area (TPSA) is 101 Å². The number of hydrogen-bond donors (Lipinski definition) is 2. The number of rotatable bonds is 8. The minimum Gasteiger partial charge on any atom is -0.489 e. The van der Waals surface area contributed by atoms with Crippen LogP contribution >= 0.6 is 11.3 Å². The van der Waals surface area contributed by atoms with Crippen LogP contribution < -0.4 is 20.1 Å². The molecule has 0 amide bonds. The smallest absolute Gasteiger partial charge is 0.238 e. The van der Waals surface area contributed by atoms with Gasteiger partial charge in [-0.2, -0.15) is 0 Å². The van der Waals surface area contributed by atoms with Gasteiger partial charge in [0.25, 0.3) is 0 Å². The van der Waals surface area contributed by atoms with E-state index in [9.17, 15) is 8.42 Å². The summed E-state index contributed by atoms with van der Waals surface area (Å²) in [6.07, 6.45) is -0.0730. The van der Waals surface area contributed by atoms with Crippen LogP contribution in [0.3, 0.4) is 0 Å². The second-order valence-electron chi connectivity index (χ2n) is 8.50. The first-order valence-corrected chi connectivity index (χ1v) is 13.8. The number of ether oxygens (including phenoxy) is 1. The van der Waals surface area contributed by atoms with Crippen molar-refractivity contribution in [3.63, 3.8) is 0 Å². The summed E-state index contributed by atoms with van der Waals surface area (Å²) in [5.41, 5.74) is 3.60. The summed E-state index contributed by atoms with van der Waals surface area (Å²) in [5, 5.41) is 11.1. The third-order valence-corrected chi connectivity index (χ3v) is 7.40. The molecule has 3 N–H and O–H groups in total. The van der Waals surface area contributed by atoms with Gasteiger partial charge in [0, 0.05) is 42.8 Å². The number of nitrogens with zero attached hydrogens (tertiary/aromatic N) is 3. The summed E-state index contributed by atoms with van der Waals surface area (Å²) in [6.45, 7) is 11.4. The van der Waals surface area contributed by atoms with Crippen molar-refractivity contribution >= 4 is 37.9 Å². The first-order valence-electron chi connectivity index (χ1n) is 11.4. The zero-order chi connectivity index (χ0) is 24.3. The molecule has 0 unspecified atom stereocenters. The number of nitrogens with two attached hydrogens (primary N) is 1. The number of likely N-dealkylation sites (N-methyl/N-ethyl adjacent to an activating group) is 1. The molecule has 3 aromatic rings. The van der Waals surface area contributed by atoms with Crippen molar-refractivity contribution in [2.75, 3.05) is 42.9 Å². The number of piperazine rings is 1. The van der Waals surface area contributed by atoms with E-state index in [1.165, 1.54) is 29.2 Å². The summed E-state index contributed by atoms with van der Waals surface area (Å²) in [4.78, 5) is 9.59. The molecule has 0 saturated carbocycles. The van der Waals surface area contributed by atoms with Gasteiger partial charge >= 0.3 is 0 Å². The molecule has 182 valence electrons. The van der Waals surface area contributed by atoms with Gasteiger partial charge < -0.3 is 19.9 Å². The molecule has 1 aliphatic rings. The summed E-state index contributed by atoms with van der Waals surface area (Å²) in [6, 6.07) is 13.0. The Morgan fingerprint density at radius 2 is 1.82 bits per heavy atom. The first kappa shape index (κ1) is 24.5. The standard InChI is InChI=1S/C24H31N5O3S2/c1-4-28-11-13-29(14-12-28)19-7-5-18(6-8-19)22-16-33-24(27-22)26-21-15-20(34(25,30)31)9-10-23(21)32-17(2)3/h5-10,15-17H,4,11-14H2,1-3H3,(H,26,27)(H2,25,30,31). The first-order chi connectivity index (χ1) is 16.2. The monoisotopic (exact) mass is 501 g/mol. The minimum atomic E-state index is -3.84. The average Bonchev–Trinajstić information content (AvgIpc) is 3.28. The molecule has 34 heavy (non-hydrogen) atoms. The molecule has 1 aliphatic heterocycles. The highest BCUT2D eigenvalue weighted by molar-refractivity contribution is 7.89. The van der Waals surface area contributed by atoms with Gasteiger partial charge in [0.05, 0.1) is 22.4 Å². The SMILES string of the molecule is CCN1CCN(c2ccc(-c3csc(Nc4cc(S(N)(=O)=O)ccc4OC(C)C)n3)cc2)CC1. The molecule has 10 heteroatoms. The number of primary sulfonamides is 1. The van der Waals surface area contributed by atoms with Crippen LogP contribution in [0.2, 0.25) is 0 Å². The molecule has 0 radical (unpaired) electrons. The largest absolute Gasteiger partial charge is 0.489 e. The Kier molecular flexibility index (Phi) is 7.42. The molecule has 2 heterocycles. The Morgan fingerprint density at radius 3 is 2.44 bits per heavy atom. The molecule has 0 atom stereocenters. The van der Waals surface area contributed by atoms with Gasteiger partial charge in [0.1, 0.15) is 5.75 Å². The van der Waals surface area contributed by atoms with E-state index in [4.69, 9.17) is 14.9 Å². The number of nitrogens with one attached hydrogen (secondary N) is 1. The highest BCUT2D eigenvalue weighted by atomic mass is 32.2. The van der Waals surface area contributed by atoms with Gasteiger partial charge in [-0.25, -0.2) is 18.5 Å². The van der Waals surface area contributed by atoms with E-state index in [0.29, 0.717) is 16.6 Å². The van der Waals surface area contributed by atoms with E-state index in [2.05, 4.69) is 46.3 Å². The molecule has 1 saturated heterocycles. The molecular formula is C24H31N5O3S2. The lowest BCUT2D eigenvalue weighted by Crippen LogP contribution is -2.46. The van der Waals surface area contributed by atoms with Crippen LogP contribution in [0.1, 0.15) is 20.8 Å². The van der Waals surface area contributed by atoms with Crippen LogP contribution in [-0.2, 0) is 10.0 Å². The lowest BCUT2D eigenvalue weighted by molar-refractivity contribution is 0.243. The van der Waals surface area contributed by atoms with Crippen molar-refractivity contribution in [3.8, 4) is 17.0 Å². The van der Waals surface area contributed by atoms with Gasteiger partial charge in [0.15, 0.2) is 5.13 Å². The molecule has 2 aromatic carbocycles. The fourth-order valence-electron chi connectivity index (χ4n) is 3.88. The normalized spacial score (nSPS) is 15.0. The number of anilines is 3. The van der Waals surface area contributed by atoms with E-state index in [1.807, 2.05) is 19.2 Å². The second kappa shape index (κ2) is 10.3. The Balaban J connectivity index is 1.50. The number of sulfonamides is 1. The molecular weight excluding hydrogens is 470 g/mol. The van der Waals surface area contributed by atoms with Gasteiger partial charge in [-0.15, -0.1) is 11.3 Å². The Bertz CT molecular complexity index is 1220. The quantitative estimate of drug-likeness (QED) is 0.479. The van der Waals surface area contributed by atoms with Gasteiger partial charge in [-0.1, -0.05) is 19.1 Å². The molecule has 1 fully saturated rings. The third kappa shape index (κ3) is 5.87. The zero-order valence-electron chi connectivity index (χ0n) is 19.7. The van der Waals surface area contributed by atoms with Gasteiger partial charge in [0.2, 0.25) is 10.0 Å². The Labute approximate surface area is 205 Å². The summed E-state index contributed by atoms with van der Waals surface area (Å²) in [7, 11) is -3.84. The summed E-state index contributed by atoms with van der Waals surface area (Å²) < 4.78 is 29.5. The molecule has 1 aromatic heterocycles. The fourth-order valence-corrected chi connectivity index (χ4v) is 5.16. The molecule has 4 rings (SSSR count). The molecule has 0 spiro atoms. The summed E-state index contributed by atoms with van der Waals surface area (Å²) in [5.74, 6) is 0.534. The van der Waals surface area contributed by atoms with Crippen LogP contribution in [0, 0.1) is 0 Å². The van der Waals surface area contributed by atoms with Crippen molar-refractivity contribution in [2.24, 2.45) is 5.14 Å². The second-order valence-corrected chi connectivity index (χ2v) is 10.9. The van der Waals surface area contributed by atoms with Crippen LogP contribution in [0.25, 0.3) is 11.3 Å². The predicted octanol–water partition coefficient (Wildman–Crippen LogP) is 4.13. The number of hydrogen-bond acceptors (Lipinski definition) is 8. The third-order valence-electron chi connectivity index (χ3n) is 5.74. The van der Waals surface area contributed by atoms with Crippen LogP contribution in [0.5, 0.6) is 5.75 Å². The number of aromatic nitrogens is 1. The van der Waals surface area contributed by atoms with Crippen molar-refractivity contribution in [2.45, 2.75) is 31.8 Å². The van der Waals surface area contributed by atoms with E-state index in [-0.39, 0.29) is 11.0 Å². The Hall–Kier alpha value is -2.66. The summed E-state index contributed by atoms with van der Waals surface area (Å²) >= 11 is 1.44. The Morgan fingerprint density at radius 1 is 1.12 bits per heavy atom. The maximum Gasteiger partial charge on any atom is 0.238 e. The minimum absolute atomic E-state index is 0.0123. The number of benzene rings is 2. The van der Waals surface area contributed by atoms with Gasteiger partial charge in [-0.3, -0.25) is 0 Å². The van der Waals surface area contributed by atoms with Crippen LogP contribution in [-0.4, -0.2) is 57.1 Å². The van der Waals surface area contributed by atoms with E-state index < -0.39 is 10.0 Å². The van der Waals surface area contributed by atoms with Crippen molar-refractivity contribution < 1.29 is 13.2 Å². The van der Waals surface area contributed by atoms with Crippen LogP contribution in [0.4, 0.5) is 16.5 Å². The maximum atomic E-state index is 11.8. The maximum absolute atomic E-state index is 11.8. The van der Waals surface area contributed by atoms with E-state index in [0.717, 1.165) is 44.0 Å². The van der Waals surface area contributed by atoms with Gasteiger partial charge in [-0.05, 0) is 50.7 Å². The zero-order valence-corrected chi connectivity index (χ0v) is 21.3. The van der Waals surface area contributed by atoms with E-state index in [1.54, 1.807) is 6.07 Å². The average molecular weight is 502 g/mol. The van der Waals surface area contributed by atoms with Crippen molar-refractivity contribution in [1.82, 2.24) is 9.88 Å². The predicted molar refractivity (Wildman–Crippen MR) is 139 cm³/mol. The van der Waals surface area contributed by atoms with Crippen molar-refractivity contribution in [3.05, 3.63) is 47.8 Å². The lowest BCUT2D eigenvalue weighted by Gasteiger charge is -2.35. The fraction of sp³-hybridized carbons (Fsp3) is 0.375. The lowest BCUT2D eigenvalue weighted by atomic mass is 10.1. The molecule has 8 nitrogen and oxygen atoms in total. The van der Waals surface area contributed by atoms with Crippen molar-refractivity contribution in [1.29, 1.82) is 0 Å². The van der Waals surface area contributed by atoms with Crippen LogP contribution in [0.15, 0.2) is 52.7 Å². The highest BCUT2D eigenvalue weighted by Crippen LogP contribution is 2.34. The van der Waals surface area contributed by atoms with E-state index >= 15 is 0 Å². The molecule has 0 bridgehead atoms. The molecule has 0 aliphatic carbocycles. The highest BCUT2D eigenvalue weighted by Gasteiger charge is 2.17.